The van der Waals surface area contributed by atoms with Crippen LogP contribution in [0.5, 0.6) is 0 Å². The number of carbonyl (C=O) groups is 1. The lowest BCUT2D eigenvalue weighted by Crippen LogP contribution is -2.35. The molecular formula is C23H33N3O3S. The Bertz CT molecular complexity index is 783. The molecule has 30 heavy (non-hydrogen) atoms. The fourth-order valence-corrected chi connectivity index (χ4v) is 4.69. The zero-order chi connectivity index (χ0) is 21.3. The molecule has 0 aliphatic carbocycles. The standard InChI is InChI=1S/C23H33N3O3S/c1-4-13-24-23(27)21-10-11-22(30-21)25(2)20(18-8-6-5-7-9-18)16-26-14-12-19(15-26)29-17-28-3/h5-11,19-20H,4,12-17H2,1-3H3,(H,24,27). The first-order valence-electron chi connectivity index (χ1n) is 10.6. The Balaban J connectivity index is 1.71. The normalized spacial score (nSPS) is 17.8. The molecule has 1 aliphatic heterocycles. The molecular weight excluding hydrogens is 398 g/mol. The number of likely N-dealkylation sites (tertiary alicyclic amines) is 1. The Labute approximate surface area is 183 Å². The van der Waals surface area contributed by atoms with Crippen molar-refractivity contribution in [2.45, 2.75) is 31.9 Å². The molecule has 1 saturated heterocycles. The monoisotopic (exact) mass is 431 g/mol. The third-order valence-electron chi connectivity index (χ3n) is 5.43. The van der Waals surface area contributed by atoms with Gasteiger partial charge in [-0.2, -0.15) is 0 Å². The van der Waals surface area contributed by atoms with Crippen LogP contribution < -0.4 is 10.2 Å². The lowest BCUT2D eigenvalue weighted by Gasteiger charge is -2.32. The molecule has 2 unspecified atom stereocenters. The Morgan fingerprint density at radius 3 is 2.83 bits per heavy atom. The smallest absolute Gasteiger partial charge is 0.261 e. The Morgan fingerprint density at radius 1 is 1.30 bits per heavy atom. The lowest BCUT2D eigenvalue weighted by molar-refractivity contribution is -0.0671. The predicted octanol–water partition coefficient (Wildman–Crippen LogP) is 3.76. The van der Waals surface area contributed by atoms with Crippen LogP contribution >= 0.6 is 11.3 Å². The number of methoxy groups -OCH3 is 1. The molecule has 6 nitrogen and oxygen atoms in total. The summed E-state index contributed by atoms with van der Waals surface area (Å²) >= 11 is 1.55. The minimum atomic E-state index is 0.00966. The zero-order valence-electron chi connectivity index (χ0n) is 18.2. The van der Waals surface area contributed by atoms with Crippen LogP contribution in [0.1, 0.15) is 41.0 Å². The van der Waals surface area contributed by atoms with E-state index in [9.17, 15) is 4.79 Å². The fraction of sp³-hybridized carbons (Fsp3) is 0.522. The quantitative estimate of drug-likeness (QED) is 0.549. The van der Waals surface area contributed by atoms with Crippen LogP contribution in [0.4, 0.5) is 5.00 Å². The van der Waals surface area contributed by atoms with Gasteiger partial charge in [-0.25, -0.2) is 0 Å². The number of benzene rings is 1. The maximum Gasteiger partial charge on any atom is 0.261 e. The first-order valence-corrected chi connectivity index (χ1v) is 11.4. The van der Waals surface area contributed by atoms with Gasteiger partial charge in [-0.1, -0.05) is 37.3 Å². The summed E-state index contributed by atoms with van der Waals surface area (Å²) in [5, 5.41) is 4.06. The van der Waals surface area contributed by atoms with Gasteiger partial charge in [-0.15, -0.1) is 11.3 Å². The average Bonchev–Trinajstić information content (AvgIpc) is 3.44. The molecule has 1 N–H and O–H groups in total. The number of hydrogen-bond donors (Lipinski definition) is 1. The molecule has 1 fully saturated rings. The van der Waals surface area contributed by atoms with E-state index in [1.807, 2.05) is 12.1 Å². The summed E-state index contributed by atoms with van der Waals surface area (Å²) in [6, 6.07) is 14.7. The van der Waals surface area contributed by atoms with Gasteiger partial charge < -0.3 is 19.7 Å². The van der Waals surface area contributed by atoms with Crippen LogP contribution in [0, 0.1) is 0 Å². The first-order chi connectivity index (χ1) is 14.6. The Morgan fingerprint density at radius 2 is 2.10 bits per heavy atom. The van der Waals surface area contributed by atoms with E-state index < -0.39 is 0 Å². The van der Waals surface area contributed by atoms with E-state index >= 15 is 0 Å². The molecule has 0 radical (unpaired) electrons. The van der Waals surface area contributed by atoms with Gasteiger partial charge in [-0.05, 0) is 30.5 Å². The molecule has 1 amide bonds. The molecule has 2 atom stereocenters. The number of rotatable bonds is 11. The van der Waals surface area contributed by atoms with Crippen molar-refractivity contribution in [2.75, 3.05) is 52.0 Å². The van der Waals surface area contributed by atoms with E-state index in [0.717, 1.165) is 42.4 Å². The minimum absolute atomic E-state index is 0.00966. The number of likely N-dealkylation sites (N-methyl/N-ethyl adjacent to an activating group) is 1. The number of carbonyl (C=O) groups excluding carboxylic acids is 1. The maximum absolute atomic E-state index is 12.3. The van der Waals surface area contributed by atoms with Gasteiger partial charge in [0, 0.05) is 40.3 Å². The second-order valence-electron chi connectivity index (χ2n) is 7.67. The van der Waals surface area contributed by atoms with Crippen LogP contribution in [0.25, 0.3) is 0 Å². The van der Waals surface area contributed by atoms with Crippen molar-refractivity contribution in [3.05, 3.63) is 52.9 Å². The Hall–Kier alpha value is -1.93. The summed E-state index contributed by atoms with van der Waals surface area (Å²) in [5.41, 5.74) is 1.27. The summed E-state index contributed by atoms with van der Waals surface area (Å²) in [5.74, 6) is 0.00966. The van der Waals surface area contributed by atoms with Crippen molar-refractivity contribution >= 4 is 22.2 Å². The van der Waals surface area contributed by atoms with Crippen molar-refractivity contribution in [3.8, 4) is 0 Å². The van der Waals surface area contributed by atoms with Gasteiger partial charge in [0.25, 0.3) is 5.91 Å². The van der Waals surface area contributed by atoms with E-state index in [1.54, 1.807) is 18.4 Å². The molecule has 2 aromatic rings. The zero-order valence-corrected chi connectivity index (χ0v) is 19.0. The topological polar surface area (TPSA) is 54.0 Å². The molecule has 3 rings (SSSR count). The van der Waals surface area contributed by atoms with E-state index in [1.165, 1.54) is 5.56 Å². The highest BCUT2D eigenvalue weighted by Gasteiger charge is 2.28. The maximum atomic E-state index is 12.3. The van der Waals surface area contributed by atoms with Crippen LogP contribution in [0.3, 0.4) is 0 Å². The average molecular weight is 432 g/mol. The predicted molar refractivity (Wildman–Crippen MR) is 122 cm³/mol. The minimum Gasteiger partial charge on any atom is -0.359 e. The molecule has 164 valence electrons. The van der Waals surface area contributed by atoms with Crippen molar-refractivity contribution in [1.82, 2.24) is 10.2 Å². The van der Waals surface area contributed by atoms with Crippen LogP contribution in [-0.2, 0) is 9.47 Å². The lowest BCUT2D eigenvalue weighted by atomic mass is 10.1. The molecule has 7 heteroatoms. The second kappa shape index (κ2) is 11.5. The Kier molecular flexibility index (Phi) is 8.69. The number of hydrogen-bond acceptors (Lipinski definition) is 6. The summed E-state index contributed by atoms with van der Waals surface area (Å²) in [4.78, 5) is 17.8. The van der Waals surface area contributed by atoms with Gasteiger partial charge in [-0.3, -0.25) is 9.69 Å². The van der Waals surface area contributed by atoms with Gasteiger partial charge in [0.05, 0.1) is 22.0 Å². The number of amides is 1. The fourth-order valence-electron chi connectivity index (χ4n) is 3.75. The highest BCUT2D eigenvalue weighted by atomic mass is 32.1. The molecule has 1 aromatic heterocycles. The molecule has 0 bridgehead atoms. The summed E-state index contributed by atoms with van der Waals surface area (Å²) in [6.07, 6.45) is 2.18. The number of thiophene rings is 1. The highest BCUT2D eigenvalue weighted by molar-refractivity contribution is 7.18. The second-order valence-corrected chi connectivity index (χ2v) is 8.74. The largest absolute Gasteiger partial charge is 0.359 e. The molecule has 0 saturated carbocycles. The van der Waals surface area contributed by atoms with Gasteiger partial charge in [0.1, 0.15) is 6.79 Å². The van der Waals surface area contributed by atoms with Gasteiger partial charge >= 0.3 is 0 Å². The SMILES string of the molecule is CCCNC(=O)c1ccc(N(C)C(CN2CCC(OCOC)C2)c2ccccc2)s1. The van der Waals surface area contributed by atoms with Crippen LogP contribution in [0.15, 0.2) is 42.5 Å². The number of anilines is 1. The molecule has 1 aliphatic rings. The van der Waals surface area contributed by atoms with E-state index in [2.05, 4.69) is 59.4 Å². The van der Waals surface area contributed by atoms with Crippen LogP contribution in [-0.4, -0.2) is 64.0 Å². The highest BCUT2D eigenvalue weighted by Crippen LogP contribution is 2.33. The number of nitrogens with zero attached hydrogens (tertiary/aromatic N) is 2. The molecule has 1 aromatic carbocycles. The van der Waals surface area contributed by atoms with Gasteiger partial charge in [0.15, 0.2) is 0 Å². The van der Waals surface area contributed by atoms with Crippen molar-refractivity contribution < 1.29 is 14.3 Å². The number of ether oxygens (including phenoxy) is 2. The summed E-state index contributed by atoms with van der Waals surface area (Å²) < 4.78 is 10.8. The summed E-state index contributed by atoms with van der Waals surface area (Å²) in [6.45, 7) is 5.94. The van der Waals surface area contributed by atoms with E-state index in [0.29, 0.717) is 13.3 Å². The van der Waals surface area contributed by atoms with E-state index in [4.69, 9.17) is 9.47 Å². The molecule has 2 heterocycles. The van der Waals surface area contributed by atoms with Gasteiger partial charge in [0.2, 0.25) is 0 Å². The first kappa shape index (κ1) is 22.7. The number of nitrogens with one attached hydrogen (secondary N) is 1. The third-order valence-corrected chi connectivity index (χ3v) is 6.61. The summed E-state index contributed by atoms with van der Waals surface area (Å²) in [7, 11) is 3.77. The van der Waals surface area contributed by atoms with Crippen molar-refractivity contribution in [1.29, 1.82) is 0 Å². The van der Waals surface area contributed by atoms with Crippen LogP contribution in [0.2, 0.25) is 0 Å². The van der Waals surface area contributed by atoms with Crippen molar-refractivity contribution in [3.63, 3.8) is 0 Å². The van der Waals surface area contributed by atoms with E-state index in [-0.39, 0.29) is 18.1 Å². The molecule has 0 spiro atoms. The van der Waals surface area contributed by atoms with Crippen molar-refractivity contribution in [2.24, 2.45) is 0 Å². The third kappa shape index (κ3) is 6.04.